The van der Waals surface area contributed by atoms with Crippen molar-refractivity contribution in [3.8, 4) is 11.5 Å². The van der Waals surface area contributed by atoms with Crippen LogP contribution in [0.2, 0.25) is 10.0 Å². The Bertz CT molecular complexity index is 1080. The molecule has 25 heavy (non-hydrogen) atoms. The third kappa shape index (κ3) is 3.16. The molecule has 0 amide bonds. The monoisotopic (exact) mass is 370 g/mol. The fourth-order valence-corrected chi connectivity index (χ4v) is 2.82. The lowest BCUT2D eigenvalue weighted by atomic mass is 10.2. The van der Waals surface area contributed by atoms with Crippen LogP contribution in [0.15, 0.2) is 52.9 Å². The van der Waals surface area contributed by atoms with Gasteiger partial charge in [-0.25, -0.2) is 9.97 Å². The first-order valence-corrected chi connectivity index (χ1v) is 8.28. The first kappa shape index (κ1) is 15.9. The van der Waals surface area contributed by atoms with Crippen molar-refractivity contribution in [1.29, 1.82) is 0 Å². The number of hydrogen-bond acceptors (Lipinski definition) is 5. The Hall–Kier alpha value is -2.63. The molecule has 2 heterocycles. The molecule has 0 fully saturated rings. The number of benzene rings is 2. The lowest BCUT2D eigenvalue weighted by Gasteiger charge is -2.07. The molecular formula is C18H12Cl2N4O. The molecule has 0 bridgehead atoms. The number of halogens is 2. The van der Waals surface area contributed by atoms with Crippen LogP contribution in [0.4, 0.5) is 11.5 Å². The summed E-state index contributed by atoms with van der Waals surface area (Å²) in [6.45, 7) is 1.79. The van der Waals surface area contributed by atoms with Gasteiger partial charge in [0.25, 0.3) is 5.71 Å². The Kier molecular flexibility index (Phi) is 4.03. The van der Waals surface area contributed by atoms with Crippen molar-refractivity contribution in [1.82, 2.24) is 15.0 Å². The zero-order valence-electron chi connectivity index (χ0n) is 13.1. The summed E-state index contributed by atoms with van der Waals surface area (Å²) < 4.78 is 5.80. The standard InChI is InChI=1S/C18H12Cl2N4O/c1-10-21-16(23-14-8-3-2-7-13(14)20)15-18(22-10)25-17(24-15)11-5-4-6-12(19)9-11/h2-9H,1H3,(H,21,22,23). The van der Waals surface area contributed by atoms with Crippen LogP contribution in [-0.4, -0.2) is 15.0 Å². The molecule has 4 rings (SSSR count). The normalized spacial score (nSPS) is 11.0. The fraction of sp³-hybridized carbons (Fsp3) is 0.0556. The van der Waals surface area contributed by atoms with Crippen molar-refractivity contribution in [2.45, 2.75) is 6.92 Å². The van der Waals surface area contributed by atoms with E-state index < -0.39 is 0 Å². The van der Waals surface area contributed by atoms with Crippen LogP contribution in [0.5, 0.6) is 0 Å². The van der Waals surface area contributed by atoms with E-state index in [4.69, 9.17) is 27.6 Å². The summed E-state index contributed by atoms with van der Waals surface area (Å²) >= 11 is 12.3. The van der Waals surface area contributed by atoms with Crippen LogP contribution in [-0.2, 0) is 0 Å². The number of anilines is 2. The average molecular weight is 371 g/mol. The van der Waals surface area contributed by atoms with Gasteiger partial charge in [0.05, 0.1) is 10.7 Å². The van der Waals surface area contributed by atoms with Crippen LogP contribution in [0.3, 0.4) is 0 Å². The van der Waals surface area contributed by atoms with Crippen LogP contribution in [0.25, 0.3) is 22.7 Å². The van der Waals surface area contributed by atoms with Gasteiger partial charge in [-0.2, -0.15) is 4.98 Å². The molecule has 0 unspecified atom stereocenters. The van der Waals surface area contributed by atoms with Gasteiger partial charge in [0.15, 0.2) is 11.3 Å². The van der Waals surface area contributed by atoms with Crippen molar-refractivity contribution in [2.75, 3.05) is 5.32 Å². The molecule has 0 aliphatic heterocycles. The number of oxazole rings is 1. The Balaban J connectivity index is 1.83. The van der Waals surface area contributed by atoms with Crippen molar-refractivity contribution < 1.29 is 4.42 Å². The maximum absolute atomic E-state index is 6.22. The van der Waals surface area contributed by atoms with Crippen LogP contribution in [0.1, 0.15) is 5.82 Å². The van der Waals surface area contributed by atoms with E-state index in [9.17, 15) is 0 Å². The highest BCUT2D eigenvalue weighted by Gasteiger charge is 2.16. The van der Waals surface area contributed by atoms with E-state index in [0.717, 1.165) is 11.3 Å². The second-order valence-electron chi connectivity index (χ2n) is 5.41. The van der Waals surface area contributed by atoms with E-state index in [-0.39, 0.29) is 0 Å². The highest BCUT2D eigenvalue weighted by molar-refractivity contribution is 6.33. The van der Waals surface area contributed by atoms with Crippen molar-refractivity contribution >= 4 is 45.9 Å². The lowest BCUT2D eigenvalue weighted by Crippen LogP contribution is -1.98. The van der Waals surface area contributed by atoms with Crippen LogP contribution in [0, 0.1) is 6.92 Å². The highest BCUT2D eigenvalue weighted by atomic mass is 35.5. The Labute approximate surface area is 153 Å². The minimum Gasteiger partial charge on any atom is -0.417 e. The number of hydrogen-bond donors (Lipinski definition) is 1. The summed E-state index contributed by atoms with van der Waals surface area (Å²) in [6, 6.07) is 14.7. The van der Waals surface area contributed by atoms with E-state index in [2.05, 4.69) is 20.3 Å². The summed E-state index contributed by atoms with van der Waals surface area (Å²) in [7, 11) is 0. The maximum Gasteiger partial charge on any atom is 0.252 e. The fourth-order valence-electron chi connectivity index (χ4n) is 2.45. The molecule has 0 aliphatic rings. The van der Waals surface area contributed by atoms with E-state index in [0.29, 0.717) is 38.8 Å². The zero-order chi connectivity index (χ0) is 17.4. The van der Waals surface area contributed by atoms with Crippen molar-refractivity contribution in [3.63, 3.8) is 0 Å². The zero-order valence-corrected chi connectivity index (χ0v) is 14.6. The smallest absolute Gasteiger partial charge is 0.252 e. The summed E-state index contributed by atoms with van der Waals surface area (Å²) in [5, 5.41) is 4.40. The Morgan fingerprint density at radius 3 is 2.60 bits per heavy atom. The van der Waals surface area contributed by atoms with E-state index >= 15 is 0 Å². The van der Waals surface area contributed by atoms with Gasteiger partial charge < -0.3 is 9.73 Å². The van der Waals surface area contributed by atoms with Crippen molar-refractivity contribution in [3.05, 3.63) is 64.4 Å². The topological polar surface area (TPSA) is 63.8 Å². The highest BCUT2D eigenvalue weighted by Crippen LogP contribution is 2.31. The summed E-state index contributed by atoms with van der Waals surface area (Å²) in [5.41, 5.74) is 2.43. The average Bonchev–Trinajstić information content (AvgIpc) is 3.01. The molecule has 0 aliphatic carbocycles. The summed E-state index contributed by atoms with van der Waals surface area (Å²) in [6.07, 6.45) is 0. The van der Waals surface area contributed by atoms with Gasteiger partial charge in [-0.3, -0.25) is 0 Å². The molecule has 1 N–H and O–H groups in total. The minimum atomic E-state index is 0.400. The van der Waals surface area contributed by atoms with Gasteiger partial charge >= 0.3 is 0 Å². The minimum absolute atomic E-state index is 0.400. The van der Waals surface area contributed by atoms with Gasteiger partial charge in [0.1, 0.15) is 5.82 Å². The number of para-hydroxylation sites is 1. The lowest BCUT2D eigenvalue weighted by molar-refractivity contribution is 0.606. The predicted octanol–water partition coefficient (Wildman–Crippen LogP) is 5.64. The molecule has 0 saturated heterocycles. The first-order valence-electron chi connectivity index (χ1n) is 7.53. The molecule has 0 atom stereocenters. The summed E-state index contributed by atoms with van der Waals surface area (Å²) in [4.78, 5) is 13.3. The molecule has 2 aromatic carbocycles. The van der Waals surface area contributed by atoms with Gasteiger partial charge in [0.2, 0.25) is 5.89 Å². The number of aromatic nitrogens is 3. The first-order chi connectivity index (χ1) is 12.1. The van der Waals surface area contributed by atoms with Gasteiger partial charge in [-0.1, -0.05) is 41.4 Å². The molecule has 5 nitrogen and oxygen atoms in total. The molecular weight excluding hydrogens is 359 g/mol. The molecule has 2 aromatic heterocycles. The second-order valence-corrected chi connectivity index (χ2v) is 6.25. The van der Waals surface area contributed by atoms with Gasteiger partial charge in [-0.15, -0.1) is 0 Å². The molecule has 0 saturated carbocycles. The van der Waals surface area contributed by atoms with Crippen LogP contribution >= 0.6 is 23.2 Å². The molecule has 7 heteroatoms. The quantitative estimate of drug-likeness (QED) is 0.505. The Morgan fingerprint density at radius 1 is 0.960 bits per heavy atom. The maximum atomic E-state index is 6.22. The molecule has 0 radical (unpaired) electrons. The summed E-state index contributed by atoms with van der Waals surface area (Å²) in [5.74, 6) is 1.53. The van der Waals surface area contributed by atoms with E-state index in [1.165, 1.54) is 0 Å². The SMILES string of the molecule is Cc1nc(Nc2ccccc2Cl)c2nc(-c3cccc(Cl)c3)oc2n1. The number of nitrogens with zero attached hydrogens (tertiary/aromatic N) is 3. The number of rotatable bonds is 3. The van der Waals surface area contributed by atoms with E-state index in [1.54, 1.807) is 25.1 Å². The van der Waals surface area contributed by atoms with Gasteiger partial charge in [0, 0.05) is 10.6 Å². The predicted molar refractivity (Wildman–Crippen MR) is 99.5 cm³/mol. The number of aryl methyl sites for hydroxylation is 1. The second kappa shape index (κ2) is 6.35. The Morgan fingerprint density at radius 2 is 1.80 bits per heavy atom. The molecule has 124 valence electrons. The van der Waals surface area contributed by atoms with Crippen LogP contribution < -0.4 is 5.32 Å². The molecule has 0 spiro atoms. The third-order valence-electron chi connectivity index (χ3n) is 3.57. The third-order valence-corrected chi connectivity index (χ3v) is 4.13. The van der Waals surface area contributed by atoms with E-state index in [1.807, 2.05) is 30.3 Å². The number of nitrogens with one attached hydrogen (secondary N) is 1. The van der Waals surface area contributed by atoms with Gasteiger partial charge in [-0.05, 0) is 37.3 Å². The molecule has 4 aromatic rings. The van der Waals surface area contributed by atoms with Crippen molar-refractivity contribution in [2.24, 2.45) is 0 Å². The number of fused-ring (bicyclic) bond motifs is 1. The largest absolute Gasteiger partial charge is 0.417 e.